The van der Waals surface area contributed by atoms with Crippen molar-refractivity contribution in [3.05, 3.63) is 292 Å². The quantitative estimate of drug-likeness (QED) is 0.167. The molecular formula is C74H55Br2IN4. The third-order valence-electron chi connectivity index (χ3n) is 15.1. The molecule has 1 N–H and O–H groups in total. The molecule has 0 saturated carbocycles. The van der Waals surface area contributed by atoms with Crippen LogP contribution in [0.3, 0.4) is 0 Å². The van der Waals surface area contributed by atoms with E-state index in [4.69, 9.17) is 0 Å². The molecule has 16 aromatic rings. The normalized spacial score (nSPS) is 11.2. The van der Waals surface area contributed by atoms with Crippen LogP contribution in [0.25, 0.3) is 127 Å². The molecule has 0 aliphatic heterocycles. The number of hydrogen-bond acceptors (Lipinski definition) is 0. The predicted molar refractivity (Wildman–Crippen MR) is 364 cm³/mol. The maximum absolute atomic E-state index is 3.66. The number of rotatable bonds is 5. The number of aromatic nitrogens is 4. The standard InChI is InChI=1S/C36H23BrN2.C30H20N2.C6H4BrI.2CH4/c37-26-9-8-12-28(23-26)39-34-16-7-5-14-30(34)32-22-25(18-20-36(32)39)24-17-19-35-31(21-24)29-13-4-6-15-33(29)38(35)27-10-2-1-3-11-27;1-2-8-22(9-3-1)32-29-13-7-5-11-24(29)26-19-21(15-17-30(26)32)20-14-16-28-25(18-20)23-10-4-6-12-27(23)31-28;7-5-2-1-3-6(8)4-5;;/h1-23H;1-19,31H;1-4H;2*1H4. The topological polar surface area (TPSA) is 30.6 Å². The van der Waals surface area contributed by atoms with E-state index in [1.165, 1.54) is 124 Å². The Morgan fingerprint density at radius 2 is 0.605 bits per heavy atom. The lowest BCUT2D eigenvalue weighted by Gasteiger charge is -2.09. The van der Waals surface area contributed by atoms with E-state index in [-0.39, 0.29) is 14.9 Å². The van der Waals surface area contributed by atoms with Crippen LogP contribution in [-0.4, -0.2) is 18.7 Å². The molecule has 0 amide bonds. The molecule has 0 unspecified atom stereocenters. The Bertz CT molecular complexity index is 4940. The van der Waals surface area contributed by atoms with Gasteiger partial charge in [0.25, 0.3) is 0 Å². The average Bonchev–Trinajstić information content (AvgIpc) is 4.30. The Morgan fingerprint density at radius 3 is 1.05 bits per heavy atom. The van der Waals surface area contributed by atoms with Crippen molar-refractivity contribution in [1.29, 1.82) is 0 Å². The fourth-order valence-electron chi connectivity index (χ4n) is 11.5. The highest BCUT2D eigenvalue weighted by atomic mass is 127. The molecule has 0 fully saturated rings. The lowest BCUT2D eigenvalue weighted by atomic mass is 10.0. The van der Waals surface area contributed by atoms with Crippen molar-refractivity contribution in [3.63, 3.8) is 0 Å². The number of hydrogen-bond donors (Lipinski definition) is 1. The highest BCUT2D eigenvalue weighted by Crippen LogP contribution is 2.40. The molecule has 4 aromatic heterocycles. The van der Waals surface area contributed by atoms with Crippen molar-refractivity contribution in [2.75, 3.05) is 0 Å². The largest absolute Gasteiger partial charge is 0.355 e. The summed E-state index contributed by atoms with van der Waals surface area (Å²) < 4.78 is 10.6. The highest BCUT2D eigenvalue weighted by Gasteiger charge is 2.17. The summed E-state index contributed by atoms with van der Waals surface area (Å²) in [5.41, 5.74) is 18.1. The van der Waals surface area contributed by atoms with Crippen LogP contribution in [0.5, 0.6) is 0 Å². The van der Waals surface area contributed by atoms with E-state index in [1.54, 1.807) is 0 Å². The van der Waals surface area contributed by atoms with Crippen LogP contribution in [0.15, 0.2) is 288 Å². The minimum absolute atomic E-state index is 0. The summed E-state index contributed by atoms with van der Waals surface area (Å²) in [5, 5.41) is 10.2. The van der Waals surface area contributed by atoms with Crippen LogP contribution >= 0.6 is 54.5 Å². The van der Waals surface area contributed by atoms with Gasteiger partial charge in [-0.25, -0.2) is 0 Å². The number of para-hydroxylation sites is 6. The summed E-state index contributed by atoms with van der Waals surface area (Å²) in [6, 6.07) is 99.8. The molecule has 0 atom stereocenters. The molecule has 81 heavy (non-hydrogen) atoms. The summed E-state index contributed by atoms with van der Waals surface area (Å²) >= 11 is 9.29. The summed E-state index contributed by atoms with van der Waals surface area (Å²) in [7, 11) is 0. The van der Waals surface area contributed by atoms with Crippen LogP contribution in [0.1, 0.15) is 14.9 Å². The molecule has 12 aromatic carbocycles. The summed E-state index contributed by atoms with van der Waals surface area (Å²) in [6.07, 6.45) is 0. The second-order valence-corrected chi connectivity index (χ2v) is 22.9. The molecule has 0 aliphatic rings. The third-order valence-corrected chi connectivity index (χ3v) is 16.7. The third kappa shape index (κ3) is 9.83. The number of halogens is 3. The van der Waals surface area contributed by atoms with Crippen molar-refractivity contribution in [2.45, 2.75) is 14.9 Å². The van der Waals surface area contributed by atoms with Crippen LogP contribution in [0.4, 0.5) is 0 Å². The van der Waals surface area contributed by atoms with E-state index in [0.29, 0.717) is 0 Å². The van der Waals surface area contributed by atoms with Crippen LogP contribution in [0.2, 0.25) is 0 Å². The van der Waals surface area contributed by atoms with Crippen LogP contribution in [-0.2, 0) is 0 Å². The zero-order valence-corrected chi connectivity index (χ0v) is 47.9. The van der Waals surface area contributed by atoms with Gasteiger partial charge in [-0.15, -0.1) is 0 Å². The molecule has 16 rings (SSSR count). The Labute approximate surface area is 502 Å². The monoisotopic (exact) mass is 1280 g/mol. The lowest BCUT2D eigenvalue weighted by molar-refractivity contribution is 1.18. The van der Waals surface area contributed by atoms with E-state index < -0.39 is 0 Å². The Kier molecular flexibility index (Phi) is 14.8. The number of nitrogens with one attached hydrogen (secondary N) is 1. The first-order valence-electron chi connectivity index (χ1n) is 26.3. The fourth-order valence-corrected chi connectivity index (χ4v) is 13.3. The predicted octanol–water partition coefficient (Wildman–Crippen LogP) is 22.7. The van der Waals surface area contributed by atoms with E-state index in [0.717, 1.165) is 14.6 Å². The smallest absolute Gasteiger partial charge is 0.0541 e. The van der Waals surface area contributed by atoms with Gasteiger partial charge < -0.3 is 18.7 Å². The zero-order chi connectivity index (χ0) is 53.0. The maximum Gasteiger partial charge on any atom is 0.0541 e. The van der Waals surface area contributed by atoms with Gasteiger partial charge in [0, 0.05) is 83.7 Å². The van der Waals surface area contributed by atoms with Gasteiger partial charge in [0.15, 0.2) is 0 Å². The average molecular weight is 1290 g/mol. The summed E-state index contributed by atoms with van der Waals surface area (Å²) in [6.45, 7) is 0. The SMILES string of the molecule is Brc1cccc(-n2c3ccccc3c3cc(-c4ccc5c(c4)c4ccccc4n5-c4ccccc4)ccc32)c1.Brc1cccc(I)c1.C.C.c1ccc(-n2c3ccccc3c3cc(-c4ccc5[nH]c6ccccc6c5c4)ccc32)cc1. The molecule has 4 heterocycles. The first-order chi connectivity index (χ1) is 38.9. The van der Waals surface area contributed by atoms with Crippen molar-refractivity contribution in [1.82, 2.24) is 18.7 Å². The Hall–Kier alpha value is -8.47. The minimum Gasteiger partial charge on any atom is -0.355 e. The van der Waals surface area contributed by atoms with Gasteiger partial charge in [-0.05, 0) is 178 Å². The number of H-pyrrole nitrogens is 1. The molecule has 4 nitrogen and oxygen atoms in total. The summed E-state index contributed by atoms with van der Waals surface area (Å²) in [4.78, 5) is 3.53. The zero-order valence-electron chi connectivity index (χ0n) is 42.5. The molecule has 0 saturated heterocycles. The van der Waals surface area contributed by atoms with Gasteiger partial charge in [0.2, 0.25) is 0 Å². The van der Waals surface area contributed by atoms with Gasteiger partial charge in [-0.3, -0.25) is 0 Å². The van der Waals surface area contributed by atoms with Gasteiger partial charge in [0.05, 0.1) is 33.1 Å². The molecule has 0 aliphatic carbocycles. The van der Waals surface area contributed by atoms with E-state index in [1.807, 2.05) is 12.1 Å². The molecule has 0 bridgehead atoms. The fraction of sp³-hybridized carbons (Fsp3) is 0.0270. The second-order valence-electron chi connectivity index (χ2n) is 19.8. The number of aromatic amines is 1. The van der Waals surface area contributed by atoms with Crippen LogP contribution in [0, 0.1) is 3.57 Å². The van der Waals surface area contributed by atoms with Crippen molar-refractivity contribution in [2.24, 2.45) is 0 Å². The van der Waals surface area contributed by atoms with E-state index >= 15 is 0 Å². The van der Waals surface area contributed by atoms with Crippen molar-refractivity contribution in [3.8, 4) is 39.3 Å². The van der Waals surface area contributed by atoms with Crippen molar-refractivity contribution < 1.29 is 0 Å². The minimum atomic E-state index is 0. The Balaban J connectivity index is 0.000000140. The number of benzene rings is 12. The van der Waals surface area contributed by atoms with Crippen LogP contribution < -0.4 is 0 Å². The number of fused-ring (bicyclic) bond motifs is 12. The van der Waals surface area contributed by atoms with E-state index in [2.05, 4.69) is 340 Å². The Morgan fingerprint density at radius 1 is 0.259 bits per heavy atom. The first kappa shape index (κ1) is 53.2. The summed E-state index contributed by atoms with van der Waals surface area (Å²) in [5.74, 6) is 0. The van der Waals surface area contributed by atoms with Crippen molar-refractivity contribution >= 4 is 142 Å². The molecule has 0 radical (unpaired) electrons. The van der Waals surface area contributed by atoms with Gasteiger partial charge >= 0.3 is 0 Å². The lowest BCUT2D eigenvalue weighted by Crippen LogP contribution is -1.93. The van der Waals surface area contributed by atoms with Gasteiger partial charge in [-0.2, -0.15) is 0 Å². The molecule has 7 heteroatoms. The second kappa shape index (κ2) is 22.6. The first-order valence-corrected chi connectivity index (χ1v) is 29.0. The highest BCUT2D eigenvalue weighted by molar-refractivity contribution is 14.1. The molecule has 0 spiro atoms. The maximum atomic E-state index is 3.66. The molecular weight excluding hydrogens is 1230 g/mol. The molecule has 392 valence electrons. The van der Waals surface area contributed by atoms with Gasteiger partial charge in [-0.1, -0.05) is 192 Å². The number of nitrogens with zero attached hydrogens (tertiary/aromatic N) is 3. The van der Waals surface area contributed by atoms with E-state index in [9.17, 15) is 0 Å². The van der Waals surface area contributed by atoms with Gasteiger partial charge in [0.1, 0.15) is 0 Å².